The first-order valence-corrected chi connectivity index (χ1v) is 9.13. The lowest BCUT2D eigenvalue weighted by molar-refractivity contribution is 0.0966. The smallest absolute Gasteiger partial charge is 0.263 e. The summed E-state index contributed by atoms with van der Waals surface area (Å²) in [6, 6.07) is 9.61. The highest BCUT2D eigenvalue weighted by atomic mass is 32.1. The van der Waals surface area contributed by atoms with Gasteiger partial charge in [-0.3, -0.25) is 14.2 Å². The average molecular weight is 363 g/mol. The summed E-state index contributed by atoms with van der Waals surface area (Å²) >= 11 is 1.44. The standard InChI is InChI=1S/C20H17N3O2S/c1-12-5-6-14(8-13(12)2)15-10-26-19-18(15)20(25)23(11-22-19)9-17(24)16-4-3-7-21-16/h3-8,10-11,21H,9H2,1-2H3. The maximum atomic E-state index is 13.0. The molecule has 3 heterocycles. The third-order valence-electron chi connectivity index (χ3n) is 4.59. The lowest BCUT2D eigenvalue weighted by atomic mass is 10.0. The second-order valence-corrected chi connectivity index (χ2v) is 7.17. The van der Waals surface area contributed by atoms with E-state index in [-0.39, 0.29) is 17.9 Å². The summed E-state index contributed by atoms with van der Waals surface area (Å²) in [6.45, 7) is 4.08. The van der Waals surface area contributed by atoms with Crippen LogP contribution in [0.15, 0.2) is 53.0 Å². The minimum atomic E-state index is -0.190. The van der Waals surface area contributed by atoms with E-state index in [0.29, 0.717) is 15.9 Å². The van der Waals surface area contributed by atoms with Crippen LogP contribution < -0.4 is 5.56 Å². The molecule has 1 aromatic carbocycles. The third-order valence-corrected chi connectivity index (χ3v) is 5.48. The molecule has 0 atom stereocenters. The molecule has 3 aromatic heterocycles. The molecule has 0 amide bonds. The Morgan fingerprint density at radius 1 is 1.23 bits per heavy atom. The molecule has 0 aliphatic carbocycles. The predicted octanol–water partition coefficient (Wildman–Crippen LogP) is 3.95. The van der Waals surface area contributed by atoms with Crippen molar-refractivity contribution in [3.8, 4) is 11.1 Å². The van der Waals surface area contributed by atoms with Crippen LogP contribution in [-0.4, -0.2) is 20.3 Å². The summed E-state index contributed by atoms with van der Waals surface area (Å²) in [7, 11) is 0. The Morgan fingerprint density at radius 3 is 2.81 bits per heavy atom. The summed E-state index contributed by atoms with van der Waals surface area (Å²) in [5.74, 6) is -0.152. The zero-order chi connectivity index (χ0) is 18.3. The van der Waals surface area contributed by atoms with Crippen molar-refractivity contribution in [1.29, 1.82) is 0 Å². The van der Waals surface area contributed by atoms with Crippen molar-refractivity contribution >= 4 is 27.3 Å². The normalized spacial score (nSPS) is 11.2. The molecule has 0 saturated heterocycles. The van der Waals surface area contributed by atoms with E-state index in [1.165, 1.54) is 33.4 Å². The topological polar surface area (TPSA) is 67.8 Å². The number of aromatic nitrogens is 3. The zero-order valence-electron chi connectivity index (χ0n) is 14.4. The Hall–Kier alpha value is -2.99. The van der Waals surface area contributed by atoms with Gasteiger partial charge in [0.15, 0.2) is 5.78 Å². The molecule has 0 aliphatic rings. The molecule has 0 radical (unpaired) electrons. The second-order valence-electron chi connectivity index (χ2n) is 6.31. The molecule has 0 aliphatic heterocycles. The molecule has 4 aromatic rings. The van der Waals surface area contributed by atoms with E-state index in [1.807, 2.05) is 11.4 Å². The maximum Gasteiger partial charge on any atom is 0.263 e. The third kappa shape index (κ3) is 2.78. The number of carbonyl (C=O) groups is 1. The van der Waals surface area contributed by atoms with Gasteiger partial charge in [0.05, 0.1) is 24.0 Å². The largest absolute Gasteiger partial charge is 0.359 e. The first kappa shape index (κ1) is 16.5. The van der Waals surface area contributed by atoms with E-state index in [9.17, 15) is 9.59 Å². The van der Waals surface area contributed by atoms with E-state index >= 15 is 0 Å². The lowest BCUT2D eigenvalue weighted by Gasteiger charge is -2.06. The Bertz CT molecular complexity index is 1170. The monoisotopic (exact) mass is 363 g/mol. The Morgan fingerprint density at radius 2 is 2.08 bits per heavy atom. The summed E-state index contributed by atoms with van der Waals surface area (Å²) in [5, 5.41) is 2.53. The van der Waals surface area contributed by atoms with Gasteiger partial charge in [-0.2, -0.15) is 0 Å². The molecule has 0 spiro atoms. The van der Waals surface area contributed by atoms with Crippen LogP contribution in [0.2, 0.25) is 0 Å². The molecular formula is C20H17N3O2S. The molecule has 0 unspecified atom stereocenters. The van der Waals surface area contributed by atoms with E-state index in [2.05, 4.69) is 35.9 Å². The molecule has 1 N–H and O–H groups in total. The van der Waals surface area contributed by atoms with Crippen LogP contribution in [0.25, 0.3) is 21.3 Å². The Balaban J connectivity index is 1.80. The van der Waals surface area contributed by atoms with Crippen LogP contribution in [0.1, 0.15) is 21.6 Å². The minimum Gasteiger partial charge on any atom is -0.359 e. The van der Waals surface area contributed by atoms with E-state index < -0.39 is 0 Å². The van der Waals surface area contributed by atoms with E-state index in [1.54, 1.807) is 18.3 Å². The molecular weight excluding hydrogens is 346 g/mol. The second kappa shape index (κ2) is 6.38. The van der Waals surface area contributed by atoms with Crippen molar-refractivity contribution in [3.05, 3.63) is 75.4 Å². The summed E-state index contributed by atoms with van der Waals surface area (Å²) in [5.41, 5.74) is 4.54. The molecule has 130 valence electrons. The molecule has 0 fully saturated rings. The van der Waals surface area contributed by atoms with Crippen molar-refractivity contribution in [2.75, 3.05) is 0 Å². The maximum absolute atomic E-state index is 13.0. The molecule has 0 saturated carbocycles. The number of fused-ring (bicyclic) bond motifs is 1. The van der Waals surface area contributed by atoms with Gasteiger partial charge < -0.3 is 4.98 Å². The number of aryl methyl sites for hydroxylation is 2. The SMILES string of the molecule is Cc1ccc(-c2csc3ncn(CC(=O)c4ccc[nH]4)c(=O)c23)cc1C. The first-order valence-electron chi connectivity index (χ1n) is 8.25. The van der Waals surface area contributed by atoms with Gasteiger partial charge in [0.25, 0.3) is 5.56 Å². The first-order chi connectivity index (χ1) is 12.5. The predicted molar refractivity (Wildman–Crippen MR) is 104 cm³/mol. The number of rotatable bonds is 4. The fraction of sp³-hybridized carbons (Fsp3) is 0.150. The van der Waals surface area contributed by atoms with Crippen LogP contribution in [0.3, 0.4) is 0 Å². The number of carbonyl (C=O) groups excluding carboxylic acids is 1. The highest BCUT2D eigenvalue weighted by molar-refractivity contribution is 7.17. The van der Waals surface area contributed by atoms with Crippen LogP contribution in [0.5, 0.6) is 0 Å². The van der Waals surface area contributed by atoms with Crippen LogP contribution in [0.4, 0.5) is 0 Å². The van der Waals surface area contributed by atoms with Crippen LogP contribution >= 0.6 is 11.3 Å². The zero-order valence-corrected chi connectivity index (χ0v) is 15.3. The van der Waals surface area contributed by atoms with Gasteiger partial charge in [-0.05, 0) is 42.7 Å². The van der Waals surface area contributed by atoms with Gasteiger partial charge in [-0.15, -0.1) is 11.3 Å². The molecule has 4 rings (SSSR count). The number of benzene rings is 1. The lowest BCUT2D eigenvalue weighted by Crippen LogP contribution is -2.24. The van der Waals surface area contributed by atoms with Gasteiger partial charge in [0.1, 0.15) is 4.83 Å². The summed E-state index contributed by atoms with van der Waals surface area (Å²) in [4.78, 5) is 33.3. The molecule has 0 bridgehead atoms. The molecule has 6 heteroatoms. The Kier molecular flexibility index (Phi) is 4.05. The average Bonchev–Trinajstić information content (AvgIpc) is 3.29. The minimum absolute atomic E-state index is 0.0372. The van der Waals surface area contributed by atoms with Crippen molar-refractivity contribution in [3.63, 3.8) is 0 Å². The molecule has 5 nitrogen and oxygen atoms in total. The van der Waals surface area contributed by atoms with Gasteiger partial charge in [0.2, 0.25) is 0 Å². The van der Waals surface area contributed by atoms with E-state index in [0.717, 1.165) is 11.1 Å². The number of nitrogens with zero attached hydrogens (tertiary/aromatic N) is 2. The van der Waals surface area contributed by atoms with Gasteiger partial charge in [-0.1, -0.05) is 18.2 Å². The number of nitrogens with one attached hydrogen (secondary N) is 1. The highest BCUT2D eigenvalue weighted by Gasteiger charge is 2.16. The fourth-order valence-electron chi connectivity index (χ4n) is 2.95. The number of Topliss-reactive ketones (excluding diaryl/α,β-unsaturated/α-hetero) is 1. The summed E-state index contributed by atoms with van der Waals surface area (Å²) < 4.78 is 1.38. The van der Waals surface area contributed by atoms with Gasteiger partial charge in [-0.25, -0.2) is 4.98 Å². The highest BCUT2D eigenvalue weighted by Crippen LogP contribution is 2.31. The number of aromatic amines is 1. The number of hydrogen-bond donors (Lipinski definition) is 1. The van der Waals surface area contributed by atoms with Crippen molar-refractivity contribution < 1.29 is 4.79 Å². The summed E-state index contributed by atoms with van der Waals surface area (Å²) in [6.07, 6.45) is 3.14. The van der Waals surface area contributed by atoms with Crippen molar-refractivity contribution in [2.45, 2.75) is 20.4 Å². The number of hydrogen-bond acceptors (Lipinski definition) is 4. The number of ketones is 1. The number of thiophene rings is 1. The van der Waals surface area contributed by atoms with Crippen molar-refractivity contribution in [2.24, 2.45) is 0 Å². The van der Waals surface area contributed by atoms with Crippen molar-refractivity contribution in [1.82, 2.24) is 14.5 Å². The quantitative estimate of drug-likeness (QED) is 0.558. The van der Waals surface area contributed by atoms with Crippen LogP contribution in [-0.2, 0) is 6.54 Å². The Labute approximate surface area is 154 Å². The van der Waals surface area contributed by atoms with Crippen LogP contribution in [0, 0.1) is 13.8 Å². The van der Waals surface area contributed by atoms with Gasteiger partial charge >= 0.3 is 0 Å². The van der Waals surface area contributed by atoms with Gasteiger partial charge in [0, 0.05) is 17.1 Å². The molecule has 26 heavy (non-hydrogen) atoms. The number of H-pyrrole nitrogens is 1. The van der Waals surface area contributed by atoms with E-state index in [4.69, 9.17) is 0 Å². The fourth-order valence-corrected chi connectivity index (χ4v) is 3.85.